The van der Waals surface area contributed by atoms with Crippen LogP contribution in [0.1, 0.15) is 19.3 Å². The average Bonchev–Trinajstić information content (AvgIpc) is 2.03. The second-order valence-corrected chi connectivity index (χ2v) is 2.28. The molecule has 1 rings (SSSR count). The van der Waals surface area contributed by atoms with Crippen molar-refractivity contribution in [1.29, 1.82) is 0 Å². The Hall–Kier alpha value is -0.000519. The van der Waals surface area contributed by atoms with E-state index in [1.54, 1.807) is 0 Å². The molecule has 11 heavy (non-hydrogen) atoms. The molecule has 3 heteroatoms. The Morgan fingerprint density at radius 2 is 2.36 bits per heavy atom. The van der Waals surface area contributed by atoms with Gasteiger partial charge in [0.15, 0.2) is 6.29 Å². The van der Waals surface area contributed by atoms with Gasteiger partial charge in [0.25, 0.3) is 0 Å². The van der Waals surface area contributed by atoms with Gasteiger partial charge < -0.3 is 21.8 Å². The minimum atomic E-state index is -0.0772. The molecule has 1 saturated heterocycles. The first-order chi connectivity index (χ1) is 4.93. The van der Waals surface area contributed by atoms with Crippen molar-refractivity contribution in [2.45, 2.75) is 25.6 Å². The van der Waals surface area contributed by atoms with Crippen LogP contribution in [0, 0.1) is 12.3 Å². The maximum absolute atomic E-state index is 6.59. The summed E-state index contributed by atoms with van der Waals surface area (Å²) in [5.74, 6) is 2.16. The molecule has 1 heterocycles. The molecular formula is C8H11CuO2. The van der Waals surface area contributed by atoms with Crippen molar-refractivity contribution in [3.8, 4) is 5.92 Å². The van der Waals surface area contributed by atoms with Crippen LogP contribution in [-0.4, -0.2) is 19.5 Å². The molecule has 1 aliphatic heterocycles. The van der Waals surface area contributed by atoms with Gasteiger partial charge in [0.2, 0.25) is 0 Å². The Kier molecular flexibility index (Phi) is 6.69. The van der Waals surface area contributed by atoms with Crippen molar-refractivity contribution in [2.24, 2.45) is 0 Å². The van der Waals surface area contributed by atoms with Crippen LogP contribution in [0.2, 0.25) is 0 Å². The van der Waals surface area contributed by atoms with Crippen LogP contribution in [0.5, 0.6) is 0 Å². The van der Waals surface area contributed by atoms with E-state index in [9.17, 15) is 0 Å². The number of ether oxygens (including phenoxy) is 2. The first kappa shape index (κ1) is 11.0. The van der Waals surface area contributed by atoms with Crippen LogP contribution in [0.4, 0.5) is 0 Å². The molecule has 66 valence electrons. The van der Waals surface area contributed by atoms with Gasteiger partial charge in [-0.2, -0.15) is 0 Å². The fourth-order valence-corrected chi connectivity index (χ4v) is 0.977. The molecule has 0 bridgehead atoms. The van der Waals surface area contributed by atoms with Crippen molar-refractivity contribution in [3.63, 3.8) is 0 Å². The molecule has 1 unspecified atom stereocenters. The van der Waals surface area contributed by atoms with E-state index in [-0.39, 0.29) is 30.0 Å². The van der Waals surface area contributed by atoms with Gasteiger partial charge in [-0.1, -0.05) is 0 Å². The van der Waals surface area contributed by atoms with Crippen LogP contribution >= 0.6 is 0 Å². The van der Waals surface area contributed by atoms with Gasteiger partial charge in [0.05, 0.1) is 6.61 Å². The molecule has 0 N–H and O–H groups in total. The first-order valence-corrected chi connectivity index (χ1v) is 3.56. The third kappa shape index (κ3) is 4.44. The summed E-state index contributed by atoms with van der Waals surface area (Å²) < 4.78 is 10.3. The van der Waals surface area contributed by atoms with E-state index < -0.39 is 0 Å². The van der Waals surface area contributed by atoms with E-state index in [1.807, 2.05) is 0 Å². The maximum Gasteiger partial charge on any atom is 1.00 e. The van der Waals surface area contributed by atoms with Crippen molar-refractivity contribution in [1.82, 2.24) is 0 Å². The average molecular weight is 203 g/mol. The maximum atomic E-state index is 6.59. The normalized spacial score (nSPS) is 23.4. The van der Waals surface area contributed by atoms with Gasteiger partial charge >= 0.3 is 17.1 Å². The zero-order valence-electron chi connectivity index (χ0n) is 6.23. The van der Waals surface area contributed by atoms with Crippen LogP contribution in [0.25, 0.3) is 0 Å². The Labute approximate surface area is 78.1 Å². The second kappa shape index (κ2) is 6.69. The fourth-order valence-electron chi connectivity index (χ4n) is 0.977. The topological polar surface area (TPSA) is 18.5 Å². The van der Waals surface area contributed by atoms with Crippen molar-refractivity contribution >= 4 is 0 Å². The molecule has 0 aliphatic carbocycles. The van der Waals surface area contributed by atoms with E-state index in [2.05, 4.69) is 5.92 Å². The van der Waals surface area contributed by atoms with Gasteiger partial charge in [-0.25, -0.2) is 0 Å². The summed E-state index contributed by atoms with van der Waals surface area (Å²) in [7, 11) is 0. The van der Waals surface area contributed by atoms with Crippen molar-refractivity contribution in [2.75, 3.05) is 13.2 Å². The third-order valence-electron chi connectivity index (χ3n) is 1.48. The zero-order valence-corrected chi connectivity index (χ0v) is 7.17. The molecule has 0 amide bonds. The third-order valence-corrected chi connectivity index (χ3v) is 1.48. The van der Waals surface area contributed by atoms with E-state index in [0.717, 1.165) is 19.4 Å². The molecule has 2 nitrogen and oxygen atoms in total. The summed E-state index contributed by atoms with van der Waals surface area (Å²) in [5, 5.41) is 0. The summed E-state index contributed by atoms with van der Waals surface area (Å²) in [4.78, 5) is 0. The molecule has 0 aromatic heterocycles. The van der Waals surface area contributed by atoms with Crippen molar-refractivity contribution < 1.29 is 26.5 Å². The van der Waals surface area contributed by atoms with Gasteiger partial charge in [-0.05, 0) is 19.3 Å². The minimum absolute atomic E-state index is 0. The van der Waals surface area contributed by atoms with E-state index in [4.69, 9.17) is 15.9 Å². The number of rotatable bonds is 2. The molecule has 0 aromatic carbocycles. The smallest absolute Gasteiger partial charge is 0.691 e. The number of hydrogen-bond acceptors (Lipinski definition) is 2. The fraction of sp³-hybridized carbons (Fsp3) is 0.750. The second-order valence-electron chi connectivity index (χ2n) is 2.28. The Morgan fingerprint density at radius 3 is 2.91 bits per heavy atom. The molecule has 0 saturated carbocycles. The van der Waals surface area contributed by atoms with Crippen LogP contribution in [-0.2, 0) is 26.5 Å². The molecule has 0 aromatic rings. The Morgan fingerprint density at radius 1 is 1.55 bits per heavy atom. The molecule has 1 fully saturated rings. The molecule has 0 spiro atoms. The van der Waals surface area contributed by atoms with E-state index in [0.29, 0.717) is 0 Å². The summed E-state index contributed by atoms with van der Waals surface area (Å²) >= 11 is 0. The largest absolute Gasteiger partial charge is 1.00 e. The van der Waals surface area contributed by atoms with Crippen LogP contribution in [0.15, 0.2) is 0 Å². The SMILES string of the molecule is [C-]#CCOC1CCCCO1.[Cu+]. The Bertz CT molecular complexity index is 125. The Balaban J connectivity index is 0.000001000. The molecule has 1 aliphatic rings. The standard InChI is InChI=1S/C8H11O2.Cu/c1-2-6-9-8-5-3-4-7-10-8;/h8H,3-7H2;/q-1;+1. The predicted octanol–water partition coefficient (Wildman–Crippen LogP) is 1.12. The molecular weight excluding hydrogens is 192 g/mol. The van der Waals surface area contributed by atoms with Gasteiger partial charge in [-0.15, -0.1) is 0 Å². The molecule has 0 radical (unpaired) electrons. The van der Waals surface area contributed by atoms with Crippen LogP contribution in [0.3, 0.4) is 0 Å². The summed E-state index contributed by atoms with van der Waals surface area (Å²) in [5.41, 5.74) is 0. The summed E-state index contributed by atoms with van der Waals surface area (Å²) in [6.07, 6.45) is 9.78. The van der Waals surface area contributed by atoms with E-state index >= 15 is 0 Å². The monoisotopic (exact) mass is 202 g/mol. The molecule has 1 atom stereocenters. The van der Waals surface area contributed by atoms with E-state index in [1.165, 1.54) is 6.42 Å². The zero-order chi connectivity index (χ0) is 7.23. The minimum Gasteiger partial charge on any atom is -0.691 e. The van der Waals surface area contributed by atoms with Gasteiger partial charge in [0.1, 0.15) is 0 Å². The summed E-state index contributed by atoms with van der Waals surface area (Å²) in [6, 6.07) is 0. The summed E-state index contributed by atoms with van der Waals surface area (Å²) in [6.45, 7) is 1.05. The quantitative estimate of drug-likeness (QED) is 0.380. The number of hydrogen-bond donors (Lipinski definition) is 0. The van der Waals surface area contributed by atoms with Crippen molar-refractivity contribution in [3.05, 3.63) is 6.42 Å². The van der Waals surface area contributed by atoms with Gasteiger partial charge in [-0.3, -0.25) is 0 Å². The van der Waals surface area contributed by atoms with Gasteiger partial charge in [0, 0.05) is 6.61 Å². The first-order valence-electron chi connectivity index (χ1n) is 3.56. The van der Waals surface area contributed by atoms with Crippen LogP contribution < -0.4 is 0 Å². The predicted molar refractivity (Wildman–Crippen MR) is 36.7 cm³/mol.